The monoisotopic (exact) mass is 225 g/mol. The zero-order chi connectivity index (χ0) is 11.2. The number of hydrogen-bond acceptors (Lipinski definition) is 2. The molecule has 1 aromatic carbocycles. The number of aliphatic hydroxyl groups is 1. The number of nitrogens with two attached hydrogens (primary N) is 1. The van der Waals surface area contributed by atoms with Gasteiger partial charge >= 0.3 is 0 Å². The van der Waals surface area contributed by atoms with E-state index in [1.54, 1.807) is 0 Å². The molecular weight excluding hydrogens is 210 g/mol. The van der Waals surface area contributed by atoms with E-state index in [0.717, 1.165) is 5.56 Å². The Labute approximate surface area is 95.1 Å². The van der Waals surface area contributed by atoms with Gasteiger partial charge in [0.15, 0.2) is 0 Å². The molecule has 0 heterocycles. The summed E-state index contributed by atoms with van der Waals surface area (Å²) in [5.41, 5.74) is 8.12. The highest BCUT2D eigenvalue weighted by molar-refractivity contribution is 6.30. The number of halogens is 1. The van der Waals surface area contributed by atoms with Crippen LogP contribution < -0.4 is 5.73 Å². The molecule has 15 heavy (non-hydrogen) atoms. The molecule has 1 aliphatic rings. The minimum absolute atomic E-state index is 0.0325. The maximum absolute atomic E-state index is 9.88. The van der Waals surface area contributed by atoms with Gasteiger partial charge in [-0.25, -0.2) is 0 Å². The highest BCUT2D eigenvalue weighted by Gasteiger charge is 2.36. The van der Waals surface area contributed by atoms with Crippen molar-refractivity contribution in [3.05, 3.63) is 34.3 Å². The van der Waals surface area contributed by atoms with Gasteiger partial charge in [-0.15, -0.1) is 0 Å². The zero-order valence-corrected chi connectivity index (χ0v) is 9.75. The van der Waals surface area contributed by atoms with E-state index in [9.17, 15) is 5.11 Å². The Morgan fingerprint density at radius 1 is 1.47 bits per heavy atom. The third-order valence-corrected chi connectivity index (χ3v) is 3.47. The minimum atomic E-state index is -0.481. The largest absolute Gasteiger partial charge is 0.391 e. The second-order valence-corrected chi connectivity index (χ2v) is 5.35. The molecule has 0 aromatic heterocycles. The number of fused-ring (bicyclic) bond motifs is 1. The van der Waals surface area contributed by atoms with Crippen LogP contribution in [0.25, 0.3) is 0 Å². The molecule has 3 heteroatoms. The van der Waals surface area contributed by atoms with Gasteiger partial charge in [0.25, 0.3) is 0 Å². The molecule has 2 rings (SSSR count). The van der Waals surface area contributed by atoms with Crippen molar-refractivity contribution in [2.45, 2.75) is 37.8 Å². The Balaban J connectivity index is 2.59. The van der Waals surface area contributed by atoms with E-state index in [0.29, 0.717) is 11.4 Å². The van der Waals surface area contributed by atoms with E-state index in [-0.39, 0.29) is 11.5 Å². The molecule has 2 nitrogen and oxygen atoms in total. The van der Waals surface area contributed by atoms with Crippen LogP contribution in [0.3, 0.4) is 0 Å². The minimum Gasteiger partial charge on any atom is -0.391 e. The third kappa shape index (κ3) is 1.78. The van der Waals surface area contributed by atoms with Crippen molar-refractivity contribution in [1.29, 1.82) is 0 Å². The molecule has 0 fully saturated rings. The number of benzene rings is 1. The van der Waals surface area contributed by atoms with Crippen molar-refractivity contribution in [2.24, 2.45) is 5.73 Å². The molecule has 2 atom stereocenters. The Morgan fingerprint density at radius 2 is 2.13 bits per heavy atom. The standard InChI is InChI=1S/C12H16ClNO/c1-12(2)6-10(15)11(14)8-5-7(13)3-4-9(8)12/h3-5,10-11,15H,6,14H2,1-2H3/t10-,11-/m0/s1. The van der Waals surface area contributed by atoms with Gasteiger partial charge in [0.1, 0.15) is 0 Å². The van der Waals surface area contributed by atoms with Crippen LogP contribution in [-0.2, 0) is 5.41 Å². The van der Waals surface area contributed by atoms with Crippen molar-refractivity contribution in [2.75, 3.05) is 0 Å². The molecule has 0 saturated carbocycles. The number of aliphatic hydroxyl groups excluding tert-OH is 1. The summed E-state index contributed by atoms with van der Waals surface area (Å²) in [6.07, 6.45) is 0.217. The lowest BCUT2D eigenvalue weighted by Gasteiger charge is -2.39. The molecule has 3 N–H and O–H groups in total. The van der Waals surface area contributed by atoms with Gasteiger partial charge in [-0.3, -0.25) is 0 Å². The van der Waals surface area contributed by atoms with Gasteiger partial charge < -0.3 is 10.8 Å². The Morgan fingerprint density at radius 3 is 2.80 bits per heavy atom. The fraction of sp³-hybridized carbons (Fsp3) is 0.500. The van der Waals surface area contributed by atoms with Gasteiger partial charge in [0, 0.05) is 5.02 Å². The second-order valence-electron chi connectivity index (χ2n) is 4.91. The maximum atomic E-state index is 9.88. The molecule has 0 radical (unpaired) electrons. The second kappa shape index (κ2) is 3.48. The van der Waals surface area contributed by atoms with E-state index >= 15 is 0 Å². The van der Waals surface area contributed by atoms with Crippen LogP contribution in [0.15, 0.2) is 18.2 Å². The van der Waals surface area contributed by atoms with Crippen LogP contribution in [0.4, 0.5) is 0 Å². The highest BCUT2D eigenvalue weighted by Crippen LogP contribution is 2.41. The molecule has 0 bridgehead atoms. The highest BCUT2D eigenvalue weighted by atomic mass is 35.5. The van der Waals surface area contributed by atoms with Crippen LogP contribution in [0.2, 0.25) is 5.02 Å². The quantitative estimate of drug-likeness (QED) is 0.712. The summed E-state index contributed by atoms with van der Waals surface area (Å²) in [5.74, 6) is 0. The SMILES string of the molecule is CC1(C)C[C@H](O)[C@@H](N)c2cc(Cl)ccc21. The molecular formula is C12H16ClNO. The summed E-state index contributed by atoms with van der Waals surface area (Å²) < 4.78 is 0. The Kier molecular flexibility index (Phi) is 2.53. The summed E-state index contributed by atoms with van der Waals surface area (Å²) in [6, 6.07) is 5.45. The molecule has 0 aliphatic heterocycles. The molecule has 0 saturated heterocycles. The first-order chi connectivity index (χ1) is 6.92. The van der Waals surface area contributed by atoms with E-state index in [1.807, 2.05) is 18.2 Å². The molecule has 0 amide bonds. The smallest absolute Gasteiger partial charge is 0.0741 e. The number of hydrogen-bond donors (Lipinski definition) is 2. The average molecular weight is 226 g/mol. The van der Waals surface area contributed by atoms with E-state index in [2.05, 4.69) is 13.8 Å². The van der Waals surface area contributed by atoms with Crippen LogP contribution in [0, 0.1) is 0 Å². The third-order valence-electron chi connectivity index (χ3n) is 3.24. The van der Waals surface area contributed by atoms with Crippen LogP contribution in [0.5, 0.6) is 0 Å². The van der Waals surface area contributed by atoms with Gasteiger partial charge in [0.05, 0.1) is 12.1 Å². The molecule has 0 unspecified atom stereocenters. The maximum Gasteiger partial charge on any atom is 0.0741 e. The van der Waals surface area contributed by atoms with Gasteiger partial charge in [-0.2, -0.15) is 0 Å². The van der Waals surface area contributed by atoms with Crippen LogP contribution >= 0.6 is 11.6 Å². The molecule has 1 aromatic rings. The number of rotatable bonds is 0. The Hall–Kier alpha value is -0.570. The van der Waals surface area contributed by atoms with Crippen molar-refractivity contribution >= 4 is 11.6 Å². The fourth-order valence-electron chi connectivity index (χ4n) is 2.39. The summed E-state index contributed by atoms with van der Waals surface area (Å²) in [6.45, 7) is 4.24. The topological polar surface area (TPSA) is 46.2 Å². The normalized spacial score (nSPS) is 28.6. The summed E-state index contributed by atoms with van der Waals surface area (Å²) >= 11 is 5.95. The van der Waals surface area contributed by atoms with Gasteiger partial charge in [-0.05, 0) is 35.1 Å². The molecule has 0 spiro atoms. The first-order valence-corrected chi connectivity index (χ1v) is 5.53. The van der Waals surface area contributed by atoms with E-state index in [4.69, 9.17) is 17.3 Å². The summed E-state index contributed by atoms with van der Waals surface area (Å²) in [7, 11) is 0. The summed E-state index contributed by atoms with van der Waals surface area (Å²) in [4.78, 5) is 0. The predicted octanol–water partition coefficient (Wildman–Crippen LogP) is 2.38. The first kappa shape index (κ1) is 10.9. The predicted molar refractivity (Wildman–Crippen MR) is 62.0 cm³/mol. The Bertz CT molecular complexity index is 389. The molecule has 82 valence electrons. The van der Waals surface area contributed by atoms with Gasteiger partial charge in [-0.1, -0.05) is 31.5 Å². The lowest BCUT2D eigenvalue weighted by atomic mass is 9.70. The van der Waals surface area contributed by atoms with Gasteiger partial charge in [0.2, 0.25) is 0 Å². The lowest BCUT2D eigenvalue weighted by Crippen LogP contribution is -2.39. The van der Waals surface area contributed by atoms with E-state index < -0.39 is 6.10 Å². The van der Waals surface area contributed by atoms with E-state index in [1.165, 1.54) is 5.56 Å². The molecule has 1 aliphatic carbocycles. The van der Waals surface area contributed by atoms with Crippen molar-refractivity contribution in [3.8, 4) is 0 Å². The summed E-state index contributed by atoms with van der Waals surface area (Å²) in [5, 5.41) is 10.6. The van der Waals surface area contributed by atoms with Crippen LogP contribution in [-0.4, -0.2) is 11.2 Å². The fourth-order valence-corrected chi connectivity index (χ4v) is 2.57. The van der Waals surface area contributed by atoms with Crippen molar-refractivity contribution < 1.29 is 5.11 Å². The van der Waals surface area contributed by atoms with Crippen LogP contribution in [0.1, 0.15) is 37.4 Å². The average Bonchev–Trinajstić information content (AvgIpc) is 2.13. The van der Waals surface area contributed by atoms with Crippen molar-refractivity contribution in [1.82, 2.24) is 0 Å². The van der Waals surface area contributed by atoms with Crippen molar-refractivity contribution in [3.63, 3.8) is 0 Å². The lowest BCUT2D eigenvalue weighted by molar-refractivity contribution is 0.0995. The zero-order valence-electron chi connectivity index (χ0n) is 9.00. The first-order valence-electron chi connectivity index (χ1n) is 5.15.